The predicted molar refractivity (Wildman–Crippen MR) is 91.1 cm³/mol. The summed E-state index contributed by atoms with van der Waals surface area (Å²) in [4.78, 5) is 36.8. The van der Waals surface area contributed by atoms with E-state index < -0.39 is 18.0 Å². The quantitative estimate of drug-likeness (QED) is 0.782. The van der Waals surface area contributed by atoms with Crippen LogP contribution in [0.2, 0.25) is 0 Å². The Balaban J connectivity index is 1.49. The number of imide groups is 1. The summed E-state index contributed by atoms with van der Waals surface area (Å²) in [7, 11) is 1.68. The number of rotatable bonds is 5. The van der Waals surface area contributed by atoms with E-state index in [0.29, 0.717) is 19.0 Å². The number of benzene rings is 1. The van der Waals surface area contributed by atoms with Gasteiger partial charge < -0.3 is 15.0 Å². The van der Waals surface area contributed by atoms with Crippen molar-refractivity contribution in [1.29, 1.82) is 0 Å². The van der Waals surface area contributed by atoms with E-state index in [4.69, 9.17) is 4.74 Å². The smallest absolute Gasteiger partial charge is 0.322 e. The predicted octanol–water partition coefficient (Wildman–Crippen LogP) is 1.07. The fourth-order valence-corrected chi connectivity index (χ4v) is 3.48. The average Bonchev–Trinajstić information content (AvgIpc) is 2.93. The summed E-state index contributed by atoms with van der Waals surface area (Å²) >= 11 is 0. The fourth-order valence-electron chi connectivity index (χ4n) is 3.48. The summed E-state index contributed by atoms with van der Waals surface area (Å²) < 4.78 is 5.40. The lowest BCUT2D eigenvalue weighted by Gasteiger charge is -2.32. The summed E-state index contributed by atoms with van der Waals surface area (Å²) in [6.45, 7) is 1.36. The van der Waals surface area contributed by atoms with Gasteiger partial charge in [0.2, 0.25) is 5.91 Å². The Labute approximate surface area is 146 Å². The van der Waals surface area contributed by atoms with Crippen LogP contribution in [0.5, 0.6) is 5.75 Å². The Kier molecular flexibility index (Phi) is 5.21. The molecule has 0 spiro atoms. The van der Waals surface area contributed by atoms with E-state index in [1.165, 1.54) is 5.56 Å². The van der Waals surface area contributed by atoms with Crippen LogP contribution in [-0.2, 0) is 16.0 Å². The number of methoxy groups -OCH3 is 1. The highest BCUT2D eigenvalue weighted by molar-refractivity contribution is 6.05. The second kappa shape index (κ2) is 7.55. The first-order chi connectivity index (χ1) is 12.1. The maximum absolute atomic E-state index is 12.3. The molecule has 2 aliphatic heterocycles. The molecule has 0 aromatic heterocycles. The van der Waals surface area contributed by atoms with Crippen LogP contribution >= 0.6 is 0 Å². The Hall–Kier alpha value is -2.57. The Morgan fingerprint density at radius 3 is 2.60 bits per heavy atom. The average molecular weight is 345 g/mol. The number of carbonyl (C=O) groups excluding carboxylic acids is 3. The molecule has 1 atom stereocenters. The fraction of sp³-hybridized carbons (Fsp3) is 0.500. The minimum Gasteiger partial charge on any atom is -0.496 e. The van der Waals surface area contributed by atoms with Crippen molar-refractivity contribution in [3.8, 4) is 5.75 Å². The molecule has 0 saturated carbocycles. The summed E-state index contributed by atoms with van der Waals surface area (Å²) in [6.07, 6.45) is 2.81. The number of nitrogens with zero attached hydrogens (tertiary/aromatic N) is 1. The van der Waals surface area contributed by atoms with E-state index in [2.05, 4.69) is 16.7 Å². The van der Waals surface area contributed by atoms with E-state index >= 15 is 0 Å². The first-order valence-corrected chi connectivity index (χ1v) is 8.58. The van der Waals surface area contributed by atoms with Crippen LogP contribution in [0.25, 0.3) is 0 Å². The molecule has 2 aliphatic rings. The van der Waals surface area contributed by atoms with E-state index in [1.54, 1.807) is 12.0 Å². The maximum atomic E-state index is 12.3. The molecule has 2 N–H and O–H groups in total. The molecule has 3 rings (SSSR count). The first kappa shape index (κ1) is 17.3. The number of hydrogen-bond donors (Lipinski definition) is 2. The maximum Gasteiger partial charge on any atom is 0.322 e. The van der Waals surface area contributed by atoms with Gasteiger partial charge in [0.1, 0.15) is 11.8 Å². The van der Waals surface area contributed by atoms with Crippen molar-refractivity contribution in [2.45, 2.75) is 31.7 Å². The number of hydrogen-bond acceptors (Lipinski definition) is 4. The molecule has 2 saturated heterocycles. The Morgan fingerprint density at radius 2 is 1.96 bits per heavy atom. The number of nitrogens with one attached hydrogen (secondary N) is 2. The van der Waals surface area contributed by atoms with E-state index in [1.807, 2.05) is 18.2 Å². The molecule has 7 heteroatoms. The molecule has 25 heavy (non-hydrogen) atoms. The van der Waals surface area contributed by atoms with Crippen molar-refractivity contribution in [3.05, 3.63) is 29.8 Å². The number of urea groups is 1. The van der Waals surface area contributed by atoms with Gasteiger partial charge in [-0.1, -0.05) is 18.2 Å². The molecule has 2 fully saturated rings. The van der Waals surface area contributed by atoms with Gasteiger partial charge in [-0.05, 0) is 36.8 Å². The SMILES string of the molecule is COc1ccccc1CC1CCN(C(=O)CC2NC(=O)NC2=O)CC1. The lowest BCUT2D eigenvalue weighted by molar-refractivity contribution is -0.135. The van der Waals surface area contributed by atoms with Crippen molar-refractivity contribution >= 4 is 17.8 Å². The molecule has 1 aromatic rings. The number of para-hydroxylation sites is 1. The number of amides is 4. The third-order valence-electron chi connectivity index (χ3n) is 4.91. The van der Waals surface area contributed by atoms with Gasteiger partial charge in [0.25, 0.3) is 5.91 Å². The van der Waals surface area contributed by atoms with Crippen molar-refractivity contribution in [2.75, 3.05) is 20.2 Å². The van der Waals surface area contributed by atoms with Crippen LogP contribution in [0, 0.1) is 5.92 Å². The molecule has 1 aromatic carbocycles. The summed E-state index contributed by atoms with van der Waals surface area (Å²) in [5.41, 5.74) is 1.19. The molecular formula is C18H23N3O4. The molecule has 0 bridgehead atoms. The lowest BCUT2D eigenvalue weighted by Crippen LogP contribution is -2.42. The molecule has 1 unspecified atom stereocenters. The van der Waals surface area contributed by atoms with Gasteiger partial charge in [-0.3, -0.25) is 14.9 Å². The van der Waals surface area contributed by atoms with Gasteiger partial charge in [-0.15, -0.1) is 0 Å². The number of piperidine rings is 1. The molecule has 0 aliphatic carbocycles. The Bertz CT molecular complexity index is 668. The first-order valence-electron chi connectivity index (χ1n) is 8.58. The summed E-state index contributed by atoms with van der Waals surface area (Å²) in [5, 5.41) is 4.62. The van der Waals surface area contributed by atoms with Crippen LogP contribution in [0.15, 0.2) is 24.3 Å². The molecule has 4 amide bonds. The summed E-state index contributed by atoms with van der Waals surface area (Å²) in [6, 6.07) is 6.75. The van der Waals surface area contributed by atoms with Crippen LogP contribution in [0.1, 0.15) is 24.8 Å². The van der Waals surface area contributed by atoms with E-state index in [-0.39, 0.29) is 12.3 Å². The molecule has 134 valence electrons. The van der Waals surface area contributed by atoms with Gasteiger partial charge >= 0.3 is 6.03 Å². The van der Waals surface area contributed by atoms with Crippen LogP contribution in [0.4, 0.5) is 4.79 Å². The number of ether oxygens (including phenoxy) is 1. The topological polar surface area (TPSA) is 87.7 Å². The van der Waals surface area contributed by atoms with Crippen LogP contribution in [0.3, 0.4) is 0 Å². The lowest BCUT2D eigenvalue weighted by atomic mass is 9.89. The second-order valence-electron chi connectivity index (χ2n) is 6.56. The zero-order chi connectivity index (χ0) is 17.8. The standard InChI is InChI=1S/C18H23N3O4/c1-25-15-5-3-2-4-13(15)10-12-6-8-21(9-7-12)16(22)11-14-17(23)20-18(24)19-14/h2-5,12,14H,6-11H2,1H3,(H2,19,20,23,24). The van der Waals surface area contributed by atoms with Crippen LogP contribution in [-0.4, -0.2) is 49.0 Å². The van der Waals surface area contributed by atoms with Crippen molar-refractivity contribution < 1.29 is 19.1 Å². The second-order valence-corrected chi connectivity index (χ2v) is 6.56. The highest BCUT2D eigenvalue weighted by atomic mass is 16.5. The highest BCUT2D eigenvalue weighted by Crippen LogP contribution is 2.27. The van der Waals surface area contributed by atoms with E-state index in [0.717, 1.165) is 25.0 Å². The van der Waals surface area contributed by atoms with Crippen molar-refractivity contribution in [1.82, 2.24) is 15.5 Å². The third kappa shape index (κ3) is 4.10. The minimum absolute atomic E-state index is 0.0226. The van der Waals surface area contributed by atoms with E-state index in [9.17, 15) is 14.4 Å². The Morgan fingerprint density at radius 1 is 1.24 bits per heavy atom. The zero-order valence-corrected chi connectivity index (χ0v) is 14.3. The highest BCUT2D eigenvalue weighted by Gasteiger charge is 2.33. The number of likely N-dealkylation sites (tertiary alicyclic amines) is 1. The monoisotopic (exact) mass is 345 g/mol. The van der Waals surface area contributed by atoms with Crippen molar-refractivity contribution in [2.24, 2.45) is 5.92 Å². The largest absolute Gasteiger partial charge is 0.496 e. The number of carbonyl (C=O) groups is 3. The zero-order valence-electron chi connectivity index (χ0n) is 14.3. The molecule has 7 nitrogen and oxygen atoms in total. The van der Waals surface area contributed by atoms with Gasteiger partial charge in [-0.2, -0.15) is 0 Å². The van der Waals surface area contributed by atoms with Gasteiger partial charge in [-0.25, -0.2) is 4.79 Å². The van der Waals surface area contributed by atoms with Gasteiger partial charge in [0.15, 0.2) is 0 Å². The molecule has 2 heterocycles. The van der Waals surface area contributed by atoms with Gasteiger partial charge in [0, 0.05) is 13.1 Å². The van der Waals surface area contributed by atoms with Gasteiger partial charge in [0.05, 0.1) is 13.5 Å². The molecular weight excluding hydrogens is 322 g/mol. The minimum atomic E-state index is -0.744. The third-order valence-corrected chi connectivity index (χ3v) is 4.91. The summed E-state index contributed by atoms with van der Waals surface area (Å²) in [5.74, 6) is 0.904. The van der Waals surface area contributed by atoms with Crippen molar-refractivity contribution in [3.63, 3.8) is 0 Å². The molecule has 0 radical (unpaired) electrons. The normalized spacial score (nSPS) is 21.0. The van der Waals surface area contributed by atoms with Crippen LogP contribution < -0.4 is 15.4 Å².